The lowest BCUT2D eigenvalue weighted by Gasteiger charge is -1.96. The van der Waals surface area contributed by atoms with Crippen molar-refractivity contribution < 1.29 is 0 Å². The fourth-order valence-corrected chi connectivity index (χ4v) is 2.31. The van der Waals surface area contributed by atoms with Gasteiger partial charge in [-0.1, -0.05) is 61.7 Å². The molecule has 2 aliphatic rings. The van der Waals surface area contributed by atoms with Crippen molar-refractivity contribution in [1.29, 1.82) is 5.26 Å². The zero-order valence-corrected chi connectivity index (χ0v) is 11.3. The van der Waals surface area contributed by atoms with Gasteiger partial charge in [-0.2, -0.15) is 5.26 Å². The smallest absolute Gasteiger partial charge is 0.0905 e. The van der Waals surface area contributed by atoms with Crippen molar-refractivity contribution in [3.63, 3.8) is 0 Å². The van der Waals surface area contributed by atoms with Gasteiger partial charge in [-0.3, -0.25) is 0 Å². The molecule has 2 bridgehead atoms. The first-order valence-electron chi connectivity index (χ1n) is 6.66. The Morgan fingerprint density at radius 3 is 1.79 bits per heavy atom. The second-order valence-corrected chi connectivity index (χ2v) is 4.67. The number of hydrogen-bond acceptors (Lipinski definition) is 1. The first-order valence-corrected chi connectivity index (χ1v) is 6.66. The lowest BCUT2D eigenvalue weighted by molar-refractivity contribution is 0.691. The van der Waals surface area contributed by atoms with E-state index in [4.69, 9.17) is 5.26 Å². The molecular formula is C18H21N. The number of benzene rings is 1. The molecule has 0 aliphatic heterocycles. The van der Waals surface area contributed by atoms with Crippen LogP contribution in [0.25, 0.3) is 6.08 Å². The predicted molar refractivity (Wildman–Crippen MR) is 82.3 cm³/mol. The molecule has 19 heavy (non-hydrogen) atoms. The molecule has 1 saturated carbocycles. The summed E-state index contributed by atoms with van der Waals surface area (Å²) in [4.78, 5) is 0. The molecule has 0 radical (unpaired) electrons. The molecule has 0 heterocycles. The summed E-state index contributed by atoms with van der Waals surface area (Å²) < 4.78 is 0. The van der Waals surface area contributed by atoms with Crippen LogP contribution in [-0.4, -0.2) is 0 Å². The second-order valence-electron chi connectivity index (χ2n) is 4.67. The summed E-state index contributed by atoms with van der Waals surface area (Å²) in [5.41, 5.74) is 1.17. The van der Waals surface area contributed by atoms with Gasteiger partial charge in [0.15, 0.2) is 0 Å². The van der Waals surface area contributed by atoms with Crippen LogP contribution in [0.1, 0.15) is 24.8 Å². The van der Waals surface area contributed by atoms with E-state index in [0.717, 1.165) is 11.8 Å². The average Bonchev–Trinajstić information content (AvgIpc) is 3.14. The SMILES string of the molecule is C1=CC2CCC1C2.C=CC#N.C=Cc1ccccc1. The molecular weight excluding hydrogens is 230 g/mol. The van der Waals surface area contributed by atoms with Crippen molar-refractivity contribution in [3.05, 3.63) is 67.3 Å². The molecule has 0 N–H and O–H groups in total. The van der Waals surface area contributed by atoms with E-state index < -0.39 is 0 Å². The Bertz CT molecular complexity index is 438. The predicted octanol–water partition coefficient (Wildman–Crippen LogP) is 5.00. The van der Waals surface area contributed by atoms with Crippen LogP contribution < -0.4 is 0 Å². The third-order valence-corrected chi connectivity index (χ3v) is 3.30. The van der Waals surface area contributed by atoms with Crippen molar-refractivity contribution in [3.8, 4) is 6.07 Å². The number of hydrogen-bond donors (Lipinski definition) is 0. The Labute approximate surface area is 116 Å². The molecule has 3 rings (SSSR count). The molecule has 1 nitrogen and oxygen atoms in total. The van der Waals surface area contributed by atoms with Crippen LogP contribution >= 0.6 is 0 Å². The molecule has 1 heteroatoms. The van der Waals surface area contributed by atoms with Gasteiger partial charge in [0.25, 0.3) is 0 Å². The van der Waals surface area contributed by atoms with Crippen molar-refractivity contribution in [2.75, 3.05) is 0 Å². The van der Waals surface area contributed by atoms with Gasteiger partial charge < -0.3 is 0 Å². The molecule has 1 aromatic rings. The molecule has 0 aromatic heterocycles. The molecule has 1 aromatic carbocycles. The summed E-state index contributed by atoms with van der Waals surface area (Å²) in [6.45, 7) is 6.75. The van der Waals surface area contributed by atoms with E-state index >= 15 is 0 Å². The fraction of sp³-hybridized carbons (Fsp3) is 0.278. The number of fused-ring (bicyclic) bond motifs is 2. The van der Waals surface area contributed by atoms with E-state index in [2.05, 4.69) is 25.3 Å². The highest BCUT2D eigenvalue weighted by Crippen LogP contribution is 2.38. The minimum absolute atomic E-state index is 0.991. The van der Waals surface area contributed by atoms with Crippen LogP contribution in [0.3, 0.4) is 0 Å². The van der Waals surface area contributed by atoms with Gasteiger partial charge in [0.05, 0.1) is 6.07 Å². The Hall–Kier alpha value is -2.07. The van der Waals surface area contributed by atoms with Crippen LogP contribution in [0.2, 0.25) is 0 Å². The molecule has 98 valence electrons. The number of nitrogens with zero attached hydrogens (tertiary/aromatic N) is 1. The normalized spacial score (nSPS) is 21.2. The van der Waals surface area contributed by atoms with Crippen molar-refractivity contribution in [2.45, 2.75) is 19.3 Å². The first-order chi connectivity index (χ1) is 9.30. The van der Waals surface area contributed by atoms with Gasteiger partial charge in [0.2, 0.25) is 0 Å². The minimum Gasteiger partial charge on any atom is -0.193 e. The number of rotatable bonds is 1. The van der Waals surface area contributed by atoms with Crippen molar-refractivity contribution >= 4 is 6.08 Å². The summed E-state index contributed by atoms with van der Waals surface area (Å²) in [5, 5.41) is 7.51. The summed E-state index contributed by atoms with van der Waals surface area (Å²) >= 11 is 0. The van der Waals surface area contributed by atoms with Crippen molar-refractivity contribution in [2.24, 2.45) is 11.8 Å². The van der Waals surface area contributed by atoms with Crippen LogP contribution in [0.4, 0.5) is 0 Å². The Morgan fingerprint density at radius 1 is 1.05 bits per heavy atom. The second kappa shape index (κ2) is 8.94. The van der Waals surface area contributed by atoms with Crippen LogP contribution in [0.5, 0.6) is 0 Å². The number of nitriles is 1. The molecule has 2 unspecified atom stereocenters. The zero-order valence-electron chi connectivity index (χ0n) is 11.3. The topological polar surface area (TPSA) is 23.8 Å². The van der Waals surface area contributed by atoms with E-state index in [0.29, 0.717) is 0 Å². The van der Waals surface area contributed by atoms with Crippen LogP contribution in [-0.2, 0) is 0 Å². The van der Waals surface area contributed by atoms with Gasteiger partial charge in [-0.25, -0.2) is 0 Å². The van der Waals surface area contributed by atoms with Crippen molar-refractivity contribution in [1.82, 2.24) is 0 Å². The largest absolute Gasteiger partial charge is 0.193 e. The Kier molecular flexibility index (Phi) is 7.05. The lowest BCUT2D eigenvalue weighted by atomic mass is 10.1. The molecule has 1 fully saturated rings. The van der Waals surface area contributed by atoms with Gasteiger partial charge in [-0.15, -0.1) is 0 Å². The van der Waals surface area contributed by atoms with E-state index in [9.17, 15) is 0 Å². The minimum atomic E-state index is 0.991. The summed E-state index contributed by atoms with van der Waals surface area (Å²) in [7, 11) is 0. The molecule has 0 saturated heterocycles. The summed E-state index contributed by atoms with van der Waals surface area (Å²) in [6, 6.07) is 11.7. The number of allylic oxidation sites excluding steroid dienone is 3. The van der Waals surface area contributed by atoms with Crippen LogP contribution in [0, 0.1) is 23.2 Å². The van der Waals surface area contributed by atoms with E-state index in [1.165, 1.54) is 30.9 Å². The lowest BCUT2D eigenvalue weighted by Crippen LogP contribution is -1.82. The van der Waals surface area contributed by atoms with Gasteiger partial charge in [-0.05, 0) is 36.7 Å². The van der Waals surface area contributed by atoms with Crippen LogP contribution in [0.15, 0.2) is 61.7 Å². The Balaban J connectivity index is 0.000000151. The van der Waals surface area contributed by atoms with Gasteiger partial charge in [0.1, 0.15) is 0 Å². The molecule has 0 spiro atoms. The highest BCUT2D eigenvalue weighted by molar-refractivity contribution is 5.45. The maximum atomic E-state index is 7.51. The highest BCUT2D eigenvalue weighted by Gasteiger charge is 2.25. The van der Waals surface area contributed by atoms with Gasteiger partial charge >= 0.3 is 0 Å². The quantitative estimate of drug-likeness (QED) is 0.509. The standard InChI is InChI=1S/C8H8.C7H10.C3H3N/c1-2-8-6-4-3-5-7-8;1-2-7-4-3-6(1)5-7;1-2-3-4/h2-7H,1H2;1-2,6-7H,3-5H2;2H,1H2. The monoisotopic (exact) mass is 251 g/mol. The van der Waals surface area contributed by atoms with E-state index in [1.807, 2.05) is 36.4 Å². The third kappa shape index (κ3) is 5.88. The summed E-state index contributed by atoms with van der Waals surface area (Å²) in [6.07, 6.45) is 12.2. The maximum absolute atomic E-state index is 7.51. The van der Waals surface area contributed by atoms with E-state index in [1.54, 1.807) is 6.07 Å². The van der Waals surface area contributed by atoms with Gasteiger partial charge in [0, 0.05) is 6.08 Å². The third-order valence-electron chi connectivity index (χ3n) is 3.30. The average molecular weight is 251 g/mol. The summed E-state index contributed by atoms with van der Waals surface area (Å²) in [5.74, 6) is 1.98. The molecule has 2 aliphatic carbocycles. The Morgan fingerprint density at radius 2 is 1.58 bits per heavy atom. The fourth-order valence-electron chi connectivity index (χ4n) is 2.31. The zero-order chi connectivity index (χ0) is 13.9. The molecule has 2 atom stereocenters. The van der Waals surface area contributed by atoms with E-state index in [-0.39, 0.29) is 0 Å². The molecule has 0 amide bonds. The highest BCUT2D eigenvalue weighted by atomic mass is 14.3. The first kappa shape index (κ1) is 15.0. The maximum Gasteiger partial charge on any atom is 0.0905 e.